The Morgan fingerprint density at radius 3 is 2.78 bits per heavy atom. The topological polar surface area (TPSA) is 66.8 Å². The minimum Gasteiger partial charge on any atom is -0.482 e. The molecule has 0 radical (unpaired) electrons. The number of anilines is 1. The predicted molar refractivity (Wildman–Crippen MR) is 87.0 cm³/mol. The van der Waals surface area contributed by atoms with E-state index in [1.165, 1.54) is 4.90 Å². The van der Waals surface area contributed by atoms with Crippen molar-refractivity contribution >= 4 is 29.2 Å². The van der Waals surface area contributed by atoms with E-state index in [9.17, 15) is 9.59 Å². The summed E-state index contributed by atoms with van der Waals surface area (Å²) in [6.07, 6.45) is -0.114. The summed E-state index contributed by atoms with van der Waals surface area (Å²) < 4.78 is 5.49. The number of carboxylic acid groups (broad SMARTS) is 1. The van der Waals surface area contributed by atoms with Gasteiger partial charge in [0.1, 0.15) is 5.75 Å². The third-order valence-electron chi connectivity index (χ3n) is 3.64. The van der Waals surface area contributed by atoms with Gasteiger partial charge in [-0.1, -0.05) is 35.9 Å². The minimum atomic E-state index is -0.946. The molecule has 23 heavy (non-hydrogen) atoms. The highest BCUT2D eigenvalue weighted by Crippen LogP contribution is 2.37. The maximum Gasteiger partial charge on any atom is 0.305 e. The lowest BCUT2D eigenvalue weighted by Crippen LogP contribution is -2.40. The first-order valence-electron chi connectivity index (χ1n) is 7.10. The van der Waals surface area contributed by atoms with E-state index >= 15 is 0 Å². The maximum absolute atomic E-state index is 12.0. The van der Waals surface area contributed by atoms with Crippen LogP contribution in [0.4, 0.5) is 5.69 Å². The number of hydrogen-bond donors (Lipinski definition) is 1. The first-order chi connectivity index (χ1) is 11.1. The van der Waals surface area contributed by atoms with Gasteiger partial charge in [-0.05, 0) is 23.8 Å². The van der Waals surface area contributed by atoms with E-state index in [2.05, 4.69) is 0 Å². The number of hydrogen-bond acceptors (Lipinski definition) is 3. The Bertz CT molecular complexity index is 775. The van der Waals surface area contributed by atoms with Gasteiger partial charge in [0.25, 0.3) is 5.91 Å². The molecule has 0 unspecified atom stereocenters. The zero-order valence-electron chi connectivity index (χ0n) is 12.2. The molecule has 1 amide bonds. The van der Waals surface area contributed by atoms with Crippen LogP contribution in [0.15, 0.2) is 42.5 Å². The fourth-order valence-electron chi connectivity index (χ4n) is 2.52. The van der Waals surface area contributed by atoms with Crippen molar-refractivity contribution in [1.82, 2.24) is 0 Å². The van der Waals surface area contributed by atoms with Crippen molar-refractivity contribution in [3.05, 3.63) is 47.5 Å². The van der Waals surface area contributed by atoms with Crippen LogP contribution in [0, 0.1) is 0 Å². The van der Waals surface area contributed by atoms with E-state index in [1.807, 2.05) is 30.3 Å². The zero-order valence-corrected chi connectivity index (χ0v) is 12.9. The van der Waals surface area contributed by atoms with Crippen molar-refractivity contribution < 1.29 is 19.4 Å². The number of aliphatic carboxylic acids is 1. The monoisotopic (exact) mass is 331 g/mol. The summed E-state index contributed by atoms with van der Waals surface area (Å²) in [5.41, 5.74) is 2.33. The van der Waals surface area contributed by atoms with Gasteiger partial charge in [-0.25, -0.2) is 0 Å². The van der Waals surface area contributed by atoms with Crippen molar-refractivity contribution in [3.63, 3.8) is 0 Å². The lowest BCUT2D eigenvalue weighted by Gasteiger charge is -2.29. The predicted octanol–water partition coefficient (Wildman–Crippen LogP) is 3.21. The number of carbonyl (C=O) groups excluding carboxylic acids is 1. The van der Waals surface area contributed by atoms with Crippen LogP contribution in [0.5, 0.6) is 5.75 Å². The second-order valence-corrected chi connectivity index (χ2v) is 5.55. The Balaban J connectivity index is 1.95. The van der Waals surface area contributed by atoms with E-state index < -0.39 is 5.97 Å². The first kappa shape index (κ1) is 15.4. The number of fused-ring (bicyclic) bond motifs is 1. The molecule has 1 heterocycles. The number of rotatable bonds is 4. The standard InChI is InChI=1S/C17H14ClNO4/c18-13-4-2-1-3-12(13)11-5-6-14-15(9-11)23-10-16(20)19(14)8-7-17(21)22/h1-6,9H,7-8,10H2,(H,21,22). The molecule has 1 aliphatic rings. The number of ether oxygens (including phenoxy) is 1. The van der Waals surface area contributed by atoms with Crippen molar-refractivity contribution in [2.24, 2.45) is 0 Å². The fourth-order valence-corrected chi connectivity index (χ4v) is 2.76. The Hall–Kier alpha value is -2.53. The number of nitrogens with zero attached hydrogens (tertiary/aromatic N) is 1. The molecule has 0 spiro atoms. The Kier molecular flexibility index (Phi) is 4.21. The second-order valence-electron chi connectivity index (χ2n) is 5.14. The molecular formula is C17H14ClNO4. The van der Waals surface area contributed by atoms with Crippen molar-refractivity contribution in [2.45, 2.75) is 6.42 Å². The Morgan fingerprint density at radius 2 is 2.04 bits per heavy atom. The third kappa shape index (κ3) is 3.14. The van der Waals surface area contributed by atoms with Crippen LogP contribution in [0.3, 0.4) is 0 Å². The quantitative estimate of drug-likeness (QED) is 0.934. The summed E-state index contributed by atoms with van der Waals surface area (Å²) in [5.74, 6) is -0.643. The smallest absolute Gasteiger partial charge is 0.305 e. The van der Waals surface area contributed by atoms with Gasteiger partial charge in [-0.15, -0.1) is 0 Å². The SMILES string of the molecule is O=C(O)CCN1C(=O)COc2cc(-c3ccccc3Cl)ccc21. The van der Waals surface area contributed by atoms with Crippen LogP contribution in [0.1, 0.15) is 6.42 Å². The van der Waals surface area contributed by atoms with Crippen molar-refractivity contribution in [1.29, 1.82) is 0 Å². The number of carboxylic acids is 1. The van der Waals surface area contributed by atoms with E-state index in [4.69, 9.17) is 21.4 Å². The zero-order chi connectivity index (χ0) is 16.4. The van der Waals surface area contributed by atoms with E-state index in [1.54, 1.807) is 12.1 Å². The van der Waals surface area contributed by atoms with Gasteiger partial charge in [-0.2, -0.15) is 0 Å². The van der Waals surface area contributed by atoms with Crippen LogP contribution in [0.2, 0.25) is 5.02 Å². The summed E-state index contributed by atoms with van der Waals surface area (Å²) in [4.78, 5) is 24.2. The van der Waals surface area contributed by atoms with Crippen LogP contribution in [0.25, 0.3) is 11.1 Å². The third-order valence-corrected chi connectivity index (χ3v) is 3.97. The molecular weight excluding hydrogens is 318 g/mol. The lowest BCUT2D eigenvalue weighted by molar-refractivity contribution is -0.136. The summed E-state index contributed by atoms with van der Waals surface area (Å²) in [7, 11) is 0. The van der Waals surface area contributed by atoms with Crippen molar-refractivity contribution in [3.8, 4) is 16.9 Å². The molecule has 0 saturated heterocycles. The molecule has 3 rings (SSSR count). The van der Waals surface area contributed by atoms with Crippen LogP contribution in [-0.4, -0.2) is 30.1 Å². The number of carbonyl (C=O) groups is 2. The van der Waals surface area contributed by atoms with Gasteiger partial charge >= 0.3 is 5.97 Å². The number of benzene rings is 2. The van der Waals surface area contributed by atoms with Crippen molar-refractivity contribution in [2.75, 3.05) is 18.1 Å². The highest BCUT2D eigenvalue weighted by Gasteiger charge is 2.26. The highest BCUT2D eigenvalue weighted by atomic mass is 35.5. The van der Waals surface area contributed by atoms with Gasteiger partial charge in [0, 0.05) is 17.1 Å². The molecule has 2 aromatic rings. The van der Waals surface area contributed by atoms with E-state index in [0.717, 1.165) is 11.1 Å². The molecule has 0 aliphatic carbocycles. The summed E-state index contributed by atoms with van der Waals surface area (Å²) >= 11 is 6.21. The minimum absolute atomic E-state index is 0.0986. The Labute approximate surface area is 138 Å². The molecule has 1 N–H and O–H groups in total. The molecule has 0 saturated carbocycles. The average molecular weight is 332 g/mol. The van der Waals surface area contributed by atoms with Gasteiger partial charge in [0.2, 0.25) is 0 Å². The van der Waals surface area contributed by atoms with Gasteiger partial charge in [0.05, 0.1) is 12.1 Å². The fraction of sp³-hybridized carbons (Fsp3) is 0.176. The van der Waals surface area contributed by atoms with Crippen LogP contribution >= 0.6 is 11.6 Å². The van der Waals surface area contributed by atoms with Crippen LogP contribution < -0.4 is 9.64 Å². The molecule has 5 nitrogen and oxygen atoms in total. The molecule has 118 valence electrons. The van der Waals surface area contributed by atoms with E-state index in [0.29, 0.717) is 16.5 Å². The van der Waals surface area contributed by atoms with Crippen LogP contribution in [-0.2, 0) is 9.59 Å². The maximum atomic E-state index is 12.0. The molecule has 2 aromatic carbocycles. The van der Waals surface area contributed by atoms with Gasteiger partial charge < -0.3 is 14.7 Å². The Morgan fingerprint density at radius 1 is 1.26 bits per heavy atom. The van der Waals surface area contributed by atoms with Gasteiger partial charge in [0.15, 0.2) is 6.61 Å². The second kappa shape index (κ2) is 6.30. The summed E-state index contributed by atoms with van der Waals surface area (Å²) in [5, 5.41) is 9.44. The molecule has 0 fully saturated rings. The largest absolute Gasteiger partial charge is 0.482 e. The summed E-state index contributed by atoms with van der Waals surface area (Å²) in [6, 6.07) is 12.9. The molecule has 0 aromatic heterocycles. The number of halogens is 1. The average Bonchev–Trinajstić information content (AvgIpc) is 2.54. The summed E-state index contributed by atoms with van der Waals surface area (Å²) in [6.45, 7) is 0.0224. The molecule has 1 aliphatic heterocycles. The van der Waals surface area contributed by atoms with E-state index in [-0.39, 0.29) is 25.5 Å². The molecule has 6 heteroatoms. The normalized spacial score (nSPS) is 13.4. The molecule has 0 atom stereocenters. The molecule has 0 bridgehead atoms. The highest BCUT2D eigenvalue weighted by molar-refractivity contribution is 6.33. The number of amides is 1. The van der Waals surface area contributed by atoms with Gasteiger partial charge in [-0.3, -0.25) is 9.59 Å². The lowest BCUT2D eigenvalue weighted by atomic mass is 10.0. The first-order valence-corrected chi connectivity index (χ1v) is 7.48.